The average Bonchev–Trinajstić information content (AvgIpc) is 2.57. The molecule has 3 nitrogen and oxygen atoms in total. The highest BCUT2D eigenvalue weighted by molar-refractivity contribution is 7.99. The van der Waals surface area contributed by atoms with Crippen LogP contribution in [0.25, 0.3) is 0 Å². The molecule has 5 heteroatoms. The average molecular weight is 352 g/mol. The monoisotopic (exact) mass is 351 g/mol. The van der Waals surface area contributed by atoms with Gasteiger partial charge in [0, 0.05) is 35.2 Å². The van der Waals surface area contributed by atoms with Crippen molar-refractivity contribution in [2.75, 3.05) is 32.1 Å². The van der Waals surface area contributed by atoms with Crippen molar-refractivity contribution >= 4 is 29.3 Å². The van der Waals surface area contributed by atoms with Gasteiger partial charge in [-0.2, -0.15) is 0 Å². The largest absolute Gasteiger partial charge is 0.369 e. The smallest absolute Gasteiger partial charge is 0.223 e. The Morgan fingerprint density at radius 1 is 1.35 bits per heavy atom. The molecule has 1 aromatic carbocycles. The standard InChI is InChI=1S/C18H22ClNO2S/c1-2-12-22-14-15-7-10-20(11-8-15)18(21)9-13-23-17-5-3-16(19)4-6-17/h1,3-6,15H,7-14H2. The van der Waals surface area contributed by atoms with E-state index >= 15 is 0 Å². The van der Waals surface area contributed by atoms with Crippen LogP contribution >= 0.6 is 23.4 Å². The van der Waals surface area contributed by atoms with Crippen molar-refractivity contribution < 1.29 is 9.53 Å². The number of terminal acetylenes is 1. The first-order chi connectivity index (χ1) is 11.2. The van der Waals surface area contributed by atoms with Gasteiger partial charge in [-0.25, -0.2) is 0 Å². The molecule has 1 aliphatic heterocycles. The quantitative estimate of drug-likeness (QED) is 0.426. The molecule has 1 amide bonds. The van der Waals surface area contributed by atoms with Crippen molar-refractivity contribution in [2.45, 2.75) is 24.2 Å². The van der Waals surface area contributed by atoms with Crippen molar-refractivity contribution in [3.63, 3.8) is 0 Å². The van der Waals surface area contributed by atoms with Crippen LogP contribution in [0.2, 0.25) is 5.02 Å². The summed E-state index contributed by atoms with van der Waals surface area (Å²) >= 11 is 7.55. The molecule has 0 radical (unpaired) electrons. The highest BCUT2D eigenvalue weighted by atomic mass is 35.5. The lowest BCUT2D eigenvalue weighted by Crippen LogP contribution is -2.39. The zero-order chi connectivity index (χ0) is 16.5. The van der Waals surface area contributed by atoms with Crippen molar-refractivity contribution in [1.29, 1.82) is 0 Å². The minimum absolute atomic E-state index is 0.245. The minimum atomic E-state index is 0.245. The molecule has 1 aliphatic rings. The first-order valence-corrected chi connectivity index (χ1v) is 9.22. The molecule has 1 aromatic rings. The maximum Gasteiger partial charge on any atom is 0.223 e. The number of carbonyl (C=O) groups is 1. The summed E-state index contributed by atoms with van der Waals surface area (Å²) in [5.74, 6) is 4.04. The number of hydrogen-bond donors (Lipinski definition) is 0. The lowest BCUT2D eigenvalue weighted by Gasteiger charge is -2.31. The summed E-state index contributed by atoms with van der Waals surface area (Å²) in [7, 11) is 0. The molecular formula is C18H22ClNO2S. The van der Waals surface area contributed by atoms with Crippen LogP contribution in [-0.4, -0.2) is 42.9 Å². The van der Waals surface area contributed by atoms with Crippen LogP contribution in [0.4, 0.5) is 0 Å². The lowest BCUT2D eigenvalue weighted by atomic mass is 9.97. The van der Waals surface area contributed by atoms with Gasteiger partial charge in [0.1, 0.15) is 6.61 Å². The molecule has 1 fully saturated rings. The van der Waals surface area contributed by atoms with Gasteiger partial charge < -0.3 is 9.64 Å². The van der Waals surface area contributed by atoms with E-state index in [1.54, 1.807) is 11.8 Å². The van der Waals surface area contributed by atoms with Crippen LogP contribution < -0.4 is 0 Å². The summed E-state index contributed by atoms with van der Waals surface area (Å²) in [5.41, 5.74) is 0. The van der Waals surface area contributed by atoms with Gasteiger partial charge in [0.25, 0.3) is 0 Å². The van der Waals surface area contributed by atoms with E-state index < -0.39 is 0 Å². The predicted molar refractivity (Wildman–Crippen MR) is 95.7 cm³/mol. The molecule has 0 bridgehead atoms. The topological polar surface area (TPSA) is 29.5 Å². The third-order valence-electron chi connectivity index (χ3n) is 3.90. The third kappa shape index (κ3) is 6.47. The Labute approximate surface area is 147 Å². The second-order valence-corrected chi connectivity index (χ2v) is 7.20. The zero-order valence-corrected chi connectivity index (χ0v) is 14.7. The zero-order valence-electron chi connectivity index (χ0n) is 13.2. The van der Waals surface area contributed by atoms with Crippen molar-refractivity contribution in [1.82, 2.24) is 4.90 Å². The molecule has 2 rings (SSSR count). The van der Waals surface area contributed by atoms with Crippen LogP contribution in [0.1, 0.15) is 19.3 Å². The first kappa shape index (κ1) is 18.2. The SMILES string of the molecule is C#CCOCC1CCN(C(=O)CCSc2ccc(Cl)cc2)CC1. The van der Waals surface area contributed by atoms with Gasteiger partial charge >= 0.3 is 0 Å². The molecule has 0 saturated carbocycles. The number of nitrogens with zero attached hydrogens (tertiary/aromatic N) is 1. The van der Waals surface area contributed by atoms with E-state index in [0.717, 1.165) is 41.6 Å². The Hall–Kier alpha value is -1.15. The summed E-state index contributed by atoms with van der Waals surface area (Å²) in [6, 6.07) is 7.72. The highest BCUT2D eigenvalue weighted by Gasteiger charge is 2.22. The van der Waals surface area contributed by atoms with E-state index in [9.17, 15) is 4.79 Å². The molecule has 23 heavy (non-hydrogen) atoms. The number of ether oxygens (including phenoxy) is 1. The van der Waals surface area contributed by atoms with Gasteiger partial charge in [0.2, 0.25) is 5.91 Å². The van der Waals surface area contributed by atoms with Gasteiger partial charge in [-0.3, -0.25) is 4.79 Å². The normalized spacial score (nSPS) is 15.4. The summed E-state index contributed by atoms with van der Waals surface area (Å²) < 4.78 is 5.39. The number of benzene rings is 1. The van der Waals surface area contributed by atoms with E-state index in [1.165, 1.54) is 0 Å². The Bertz CT molecular complexity index is 533. The van der Waals surface area contributed by atoms with E-state index in [4.69, 9.17) is 22.8 Å². The summed E-state index contributed by atoms with van der Waals surface area (Å²) in [6.45, 7) is 2.74. The first-order valence-electron chi connectivity index (χ1n) is 7.86. The highest BCUT2D eigenvalue weighted by Crippen LogP contribution is 2.22. The Morgan fingerprint density at radius 3 is 2.70 bits per heavy atom. The molecule has 1 saturated heterocycles. The lowest BCUT2D eigenvalue weighted by molar-refractivity contribution is -0.132. The Morgan fingerprint density at radius 2 is 2.04 bits per heavy atom. The molecule has 1 heterocycles. The Kier molecular flexibility index (Phi) is 7.81. The van der Waals surface area contributed by atoms with Gasteiger partial charge in [0.05, 0.1) is 6.61 Å². The molecule has 0 N–H and O–H groups in total. The summed E-state index contributed by atoms with van der Waals surface area (Å²) in [5, 5.41) is 0.736. The van der Waals surface area contributed by atoms with E-state index in [1.807, 2.05) is 29.2 Å². The number of halogens is 1. The second kappa shape index (κ2) is 9.87. The molecule has 0 spiro atoms. The van der Waals surface area contributed by atoms with Gasteiger partial charge in [-0.15, -0.1) is 18.2 Å². The molecule has 0 aliphatic carbocycles. The van der Waals surface area contributed by atoms with E-state index in [2.05, 4.69) is 5.92 Å². The fourth-order valence-electron chi connectivity index (χ4n) is 2.58. The number of carbonyl (C=O) groups excluding carboxylic acids is 1. The maximum atomic E-state index is 12.2. The van der Waals surface area contributed by atoms with Crippen LogP contribution in [0.3, 0.4) is 0 Å². The number of rotatable bonds is 7. The van der Waals surface area contributed by atoms with Gasteiger partial charge in [-0.1, -0.05) is 17.5 Å². The van der Waals surface area contributed by atoms with Crippen LogP contribution in [0.15, 0.2) is 29.2 Å². The molecular weight excluding hydrogens is 330 g/mol. The molecule has 0 aromatic heterocycles. The second-order valence-electron chi connectivity index (χ2n) is 5.60. The van der Waals surface area contributed by atoms with Crippen molar-refractivity contribution in [3.8, 4) is 12.3 Å². The van der Waals surface area contributed by atoms with Crippen LogP contribution in [-0.2, 0) is 9.53 Å². The Balaban J connectivity index is 1.63. The summed E-state index contributed by atoms with van der Waals surface area (Å²) in [6.07, 6.45) is 7.74. The predicted octanol–water partition coefficient (Wildman–Crippen LogP) is 3.71. The fraction of sp³-hybridized carbons (Fsp3) is 0.500. The number of likely N-dealkylation sites (tertiary alicyclic amines) is 1. The fourth-order valence-corrected chi connectivity index (χ4v) is 3.55. The van der Waals surface area contributed by atoms with Crippen molar-refractivity contribution in [2.24, 2.45) is 5.92 Å². The number of hydrogen-bond acceptors (Lipinski definition) is 3. The minimum Gasteiger partial charge on any atom is -0.369 e. The molecule has 0 atom stereocenters. The molecule has 124 valence electrons. The van der Waals surface area contributed by atoms with E-state index in [-0.39, 0.29) is 5.91 Å². The number of thioether (sulfide) groups is 1. The summed E-state index contributed by atoms with van der Waals surface area (Å²) in [4.78, 5) is 15.4. The van der Waals surface area contributed by atoms with Crippen LogP contribution in [0.5, 0.6) is 0 Å². The maximum absolute atomic E-state index is 12.2. The number of piperidine rings is 1. The van der Waals surface area contributed by atoms with Crippen molar-refractivity contribution in [3.05, 3.63) is 29.3 Å². The van der Waals surface area contributed by atoms with Gasteiger partial charge in [-0.05, 0) is 43.0 Å². The van der Waals surface area contributed by atoms with Crippen LogP contribution in [0, 0.1) is 18.3 Å². The third-order valence-corrected chi connectivity index (χ3v) is 5.17. The number of amides is 1. The van der Waals surface area contributed by atoms with E-state index in [0.29, 0.717) is 25.6 Å². The van der Waals surface area contributed by atoms with Gasteiger partial charge in [0.15, 0.2) is 0 Å². The molecule has 0 unspecified atom stereocenters.